The van der Waals surface area contributed by atoms with E-state index in [-0.39, 0.29) is 0 Å². The van der Waals surface area contributed by atoms with E-state index >= 15 is 0 Å². The van der Waals surface area contributed by atoms with E-state index in [2.05, 4.69) is 29.8 Å². The Bertz CT molecular complexity index is 462. The van der Waals surface area contributed by atoms with Gasteiger partial charge in [0.25, 0.3) is 0 Å². The average molecular weight is 292 g/mol. The van der Waals surface area contributed by atoms with Crippen LogP contribution in [0.25, 0.3) is 0 Å². The highest BCUT2D eigenvalue weighted by Gasteiger charge is 2.25. The van der Waals surface area contributed by atoms with Gasteiger partial charge in [0.2, 0.25) is 0 Å². The van der Waals surface area contributed by atoms with Crippen LogP contribution >= 0.6 is 0 Å². The highest BCUT2D eigenvalue weighted by atomic mass is 16.5. The number of anilines is 1. The van der Waals surface area contributed by atoms with Crippen LogP contribution in [0.4, 0.5) is 5.69 Å². The van der Waals surface area contributed by atoms with Crippen molar-refractivity contribution in [3.05, 3.63) is 23.8 Å². The van der Waals surface area contributed by atoms with Gasteiger partial charge >= 0.3 is 0 Å². The van der Waals surface area contributed by atoms with Gasteiger partial charge in [-0.15, -0.1) is 0 Å². The number of ether oxygens (including phenoxy) is 1. The molecule has 21 heavy (non-hydrogen) atoms. The zero-order valence-electron chi connectivity index (χ0n) is 13.7. The van der Waals surface area contributed by atoms with Crippen LogP contribution in [0.3, 0.4) is 0 Å². The zero-order chi connectivity index (χ0) is 15.4. The smallest absolute Gasteiger partial charge is 0.126 e. The standard InChI is InChI=1S/C17H28N2O2/c1-5-19-11-7-8-14(19)12-18(3)15-9-6-10-16(21-4)17(15)13(2)20/h6,9-10,13-14,20H,5,7-8,11-12H2,1-4H3/t13-,14?/m1/s1. The molecule has 1 aliphatic rings. The van der Waals surface area contributed by atoms with Crippen LogP contribution in [-0.2, 0) is 0 Å². The average Bonchev–Trinajstić information content (AvgIpc) is 2.93. The first kappa shape index (κ1) is 16.1. The van der Waals surface area contributed by atoms with Crippen LogP contribution in [0.1, 0.15) is 38.4 Å². The van der Waals surface area contributed by atoms with Crippen LogP contribution in [-0.4, -0.2) is 49.8 Å². The van der Waals surface area contributed by atoms with Crippen LogP contribution in [0.2, 0.25) is 0 Å². The summed E-state index contributed by atoms with van der Waals surface area (Å²) in [5.41, 5.74) is 1.94. The Balaban J connectivity index is 2.20. The van der Waals surface area contributed by atoms with Crippen LogP contribution in [0.15, 0.2) is 18.2 Å². The molecule has 118 valence electrons. The van der Waals surface area contributed by atoms with Crippen molar-refractivity contribution in [2.75, 3.05) is 38.7 Å². The monoisotopic (exact) mass is 292 g/mol. The van der Waals surface area contributed by atoms with Gasteiger partial charge in [-0.05, 0) is 45.0 Å². The molecule has 0 radical (unpaired) electrons. The van der Waals surface area contributed by atoms with Crippen molar-refractivity contribution < 1.29 is 9.84 Å². The lowest BCUT2D eigenvalue weighted by molar-refractivity contribution is 0.194. The SMILES string of the molecule is CCN1CCCC1CN(C)c1cccc(OC)c1[C@@H](C)O. The molecule has 1 unspecified atom stereocenters. The Morgan fingerprint density at radius 3 is 2.86 bits per heavy atom. The third-order valence-electron chi connectivity index (χ3n) is 4.48. The first-order valence-electron chi connectivity index (χ1n) is 7.88. The summed E-state index contributed by atoms with van der Waals surface area (Å²) in [5.74, 6) is 0.758. The highest BCUT2D eigenvalue weighted by molar-refractivity contribution is 5.60. The van der Waals surface area contributed by atoms with Crippen molar-refractivity contribution in [3.8, 4) is 5.75 Å². The molecule has 1 heterocycles. The van der Waals surface area contributed by atoms with Crippen LogP contribution in [0.5, 0.6) is 5.75 Å². The maximum Gasteiger partial charge on any atom is 0.126 e. The summed E-state index contributed by atoms with van der Waals surface area (Å²) in [6.45, 7) is 7.32. The topological polar surface area (TPSA) is 35.9 Å². The molecule has 1 N–H and O–H groups in total. The number of nitrogens with zero attached hydrogens (tertiary/aromatic N) is 2. The second-order valence-corrected chi connectivity index (χ2v) is 5.87. The van der Waals surface area contributed by atoms with Gasteiger partial charge in [-0.1, -0.05) is 13.0 Å². The number of likely N-dealkylation sites (tertiary alicyclic amines) is 1. The summed E-state index contributed by atoms with van der Waals surface area (Å²) in [6, 6.07) is 6.57. The highest BCUT2D eigenvalue weighted by Crippen LogP contribution is 2.34. The molecule has 2 atom stereocenters. The summed E-state index contributed by atoms with van der Waals surface area (Å²) < 4.78 is 5.41. The Labute approximate surface area is 128 Å². The zero-order valence-corrected chi connectivity index (χ0v) is 13.7. The fourth-order valence-corrected chi connectivity index (χ4v) is 3.40. The van der Waals surface area contributed by atoms with Gasteiger partial charge in [0.05, 0.1) is 13.2 Å². The maximum atomic E-state index is 10.1. The molecule has 0 spiro atoms. The van der Waals surface area contributed by atoms with E-state index in [4.69, 9.17) is 4.74 Å². The van der Waals surface area contributed by atoms with Gasteiger partial charge in [0, 0.05) is 30.9 Å². The van der Waals surface area contributed by atoms with E-state index in [1.54, 1.807) is 14.0 Å². The summed E-state index contributed by atoms with van der Waals surface area (Å²) in [6.07, 6.45) is 2.00. The summed E-state index contributed by atoms with van der Waals surface area (Å²) in [5, 5.41) is 10.1. The van der Waals surface area contributed by atoms with Crippen molar-refractivity contribution in [3.63, 3.8) is 0 Å². The minimum Gasteiger partial charge on any atom is -0.496 e. The third kappa shape index (κ3) is 3.50. The molecule has 0 bridgehead atoms. The molecule has 4 nitrogen and oxygen atoms in total. The first-order chi connectivity index (χ1) is 10.1. The molecule has 0 aromatic heterocycles. The quantitative estimate of drug-likeness (QED) is 0.874. The molecule has 4 heteroatoms. The Hall–Kier alpha value is -1.26. The van der Waals surface area contributed by atoms with Crippen molar-refractivity contribution in [1.29, 1.82) is 0 Å². The second kappa shape index (κ2) is 7.14. The van der Waals surface area contributed by atoms with Crippen molar-refractivity contribution in [1.82, 2.24) is 4.90 Å². The number of methoxy groups -OCH3 is 1. The van der Waals surface area contributed by atoms with Gasteiger partial charge in [-0.25, -0.2) is 0 Å². The molecule has 1 aromatic rings. The van der Waals surface area contributed by atoms with Crippen LogP contribution in [0, 0.1) is 0 Å². The first-order valence-corrected chi connectivity index (χ1v) is 7.88. The maximum absolute atomic E-state index is 10.1. The number of benzene rings is 1. The molecule has 2 rings (SSSR count). The predicted molar refractivity (Wildman–Crippen MR) is 87.2 cm³/mol. The van der Waals surface area contributed by atoms with Gasteiger partial charge in [-0.2, -0.15) is 0 Å². The van der Waals surface area contributed by atoms with Crippen molar-refractivity contribution >= 4 is 5.69 Å². The molecule has 1 saturated heterocycles. The number of aliphatic hydroxyl groups excluding tert-OH is 1. The molecule has 0 saturated carbocycles. The van der Waals surface area contributed by atoms with E-state index < -0.39 is 6.10 Å². The number of hydrogen-bond donors (Lipinski definition) is 1. The molecule has 1 aromatic carbocycles. The molecular formula is C17H28N2O2. The third-order valence-corrected chi connectivity index (χ3v) is 4.48. The molecule has 0 amide bonds. The van der Waals surface area contributed by atoms with Gasteiger partial charge in [0.1, 0.15) is 5.75 Å². The van der Waals surface area contributed by atoms with E-state index in [1.807, 2.05) is 12.1 Å². The Kier molecular flexibility index (Phi) is 5.48. The van der Waals surface area contributed by atoms with Crippen molar-refractivity contribution in [2.45, 2.75) is 38.8 Å². The Morgan fingerprint density at radius 2 is 2.24 bits per heavy atom. The lowest BCUT2D eigenvalue weighted by Gasteiger charge is -2.31. The molecular weight excluding hydrogens is 264 g/mol. The summed E-state index contributed by atoms with van der Waals surface area (Å²) in [4.78, 5) is 4.79. The fraction of sp³-hybridized carbons (Fsp3) is 0.647. The van der Waals surface area contributed by atoms with Crippen molar-refractivity contribution in [2.24, 2.45) is 0 Å². The lowest BCUT2D eigenvalue weighted by atomic mass is 10.1. The van der Waals surface area contributed by atoms with Gasteiger partial charge < -0.3 is 14.7 Å². The lowest BCUT2D eigenvalue weighted by Crippen LogP contribution is -2.39. The number of aliphatic hydroxyl groups is 1. The van der Waals surface area contributed by atoms with E-state index in [0.29, 0.717) is 6.04 Å². The molecule has 1 fully saturated rings. The summed E-state index contributed by atoms with van der Waals surface area (Å²) >= 11 is 0. The normalized spacial score (nSPS) is 20.5. The second-order valence-electron chi connectivity index (χ2n) is 5.87. The van der Waals surface area contributed by atoms with Crippen LogP contribution < -0.4 is 9.64 Å². The summed E-state index contributed by atoms with van der Waals surface area (Å²) in [7, 11) is 3.76. The predicted octanol–water partition coefficient (Wildman–Crippen LogP) is 2.67. The number of likely N-dealkylation sites (N-methyl/N-ethyl adjacent to an activating group) is 2. The van der Waals surface area contributed by atoms with Gasteiger partial charge in [-0.3, -0.25) is 4.90 Å². The molecule has 0 aliphatic carbocycles. The number of hydrogen-bond acceptors (Lipinski definition) is 4. The van der Waals surface area contributed by atoms with E-state index in [1.165, 1.54) is 19.4 Å². The van der Waals surface area contributed by atoms with E-state index in [0.717, 1.165) is 30.1 Å². The van der Waals surface area contributed by atoms with E-state index in [9.17, 15) is 5.11 Å². The minimum absolute atomic E-state index is 0.538. The Morgan fingerprint density at radius 1 is 1.48 bits per heavy atom. The fourth-order valence-electron chi connectivity index (χ4n) is 3.40. The van der Waals surface area contributed by atoms with Gasteiger partial charge in [0.15, 0.2) is 0 Å². The minimum atomic E-state index is -0.538. The largest absolute Gasteiger partial charge is 0.496 e. The number of rotatable bonds is 6. The molecule has 1 aliphatic heterocycles.